The molecule has 1 aromatic carbocycles. The topological polar surface area (TPSA) is 103 Å². The fourth-order valence-electron chi connectivity index (χ4n) is 2.60. The number of amides is 1. The summed E-state index contributed by atoms with van der Waals surface area (Å²) in [7, 11) is 1.72. The largest absolute Gasteiger partial charge is 0.484 e. The molecule has 9 heteroatoms. The van der Waals surface area contributed by atoms with Crippen LogP contribution in [0.5, 0.6) is 17.2 Å². The lowest BCUT2D eigenvalue weighted by atomic mass is 10.2. The molecule has 0 spiro atoms. The van der Waals surface area contributed by atoms with Gasteiger partial charge in [0.2, 0.25) is 12.7 Å². The standard InChI is InChI=1S/C18H18N4O5/c1-22(5-4-12-7-19-20-8-12)18(23)14-9-25-17(21-14)10-24-13-2-3-15-16(6-13)27-11-26-15/h2-3,6-9H,4-5,10-11H2,1H3,(H,19,20). The molecule has 1 N–H and O–H groups in total. The number of aromatic amines is 1. The van der Waals surface area contributed by atoms with Gasteiger partial charge in [-0.05, 0) is 24.1 Å². The van der Waals surface area contributed by atoms with Crippen molar-refractivity contribution in [3.63, 3.8) is 0 Å². The first kappa shape index (κ1) is 17.0. The summed E-state index contributed by atoms with van der Waals surface area (Å²) < 4.78 is 21.5. The summed E-state index contributed by atoms with van der Waals surface area (Å²) in [4.78, 5) is 18.2. The summed E-state index contributed by atoms with van der Waals surface area (Å²) in [6.07, 6.45) is 5.59. The molecule has 1 aliphatic heterocycles. The summed E-state index contributed by atoms with van der Waals surface area (Å²) in [5.41, 5.74) is 1.28. The molecular formula is C18H18N4O5. The van der Waals surface area contributed by atoms with E-state index in [1.165, 1.54) is 6.26 Å². The Morgan fingerprint density at radius 1 is 1.33 bits per heavy atom. The zero-order valence-electron chi connectivity index (χ0n) is 14.7. The minimum Gasteiger partial charge on any atom is -0.484 e. The van der Waals surface area contributed by atoms with E-state index in [-0.39, 0.29) is 25.0 Å². The average molecular weight is 370 g/mol. The van der Waals surface area contributed by atoms with Crippen LogP contribution in [0.2, 0.25) is 0 Å². The van der Waals surface area contributed by atoms with E-state index in [1.54, 1.807) is 42.5 Å². The van der Waals surface area contributed by atoms with Gasteiger partial charge in [-0.1, -0.05) is 0 Å². The number of aromatic nitrogens is 3. The van der Waals surface area contributed by atoms with Gasteiger partial charge in [0.1, 0.15) is 12.0 Å². The molecule has 2 aromatic heterocycles. The van der Waals surface area contributed by atoms with Gasteiger partial charge in [-0.3, -0.25) is 9.89 Å². The number of hydrogen-bond donors (Lipinski definition) is 1. The molecule has 0 atom stereocenters. The molecule has 0 saturated carbocycles. The van der Waals surface area contributed by atoms with Crippen molar-refractivity contribution in [3.05, 3.63) is 54.0 Å². The van der Waals surface area contributed by atoms with Crippen LogP contribution in [0.4, 0.5) is 0 Å². The molecule has 0 radical (unpaired) electrons. The van der Waals surface area contributed by atoms with Crippen molar-refractivity contribution in [2.45, 2.75) is 13.0 Å². The highest BCUT2D eigenvalue weighted by molar-refractivity contribution is 5.91. The predicted molar refractivity (Wildman–Crippen MR) is 92.7 cm³/mol. The first-order valence-electron chi connectivity index (χ1n) is 8.39. The number of fused-ring (bicyclic) bond motifs is 1. The summed E-state index contributed by atoms with van der Waals surface area (Å²) >= 11 is 0. The second-order valence-electron chi connectivity index (χ2n) is 6.01. The molecule has 1 amide bonds. The number of hydrogen-bond acceptors (Lipinski definition) is 7. The molecule has 0 bridgehead atoms. The van der Waals surface area contributed by atoms with Gasteiger partial charge >= 0.3 is 0 Å². The third-order valence-electron chi connectivity index (χ3n) is 4.11. The number of ether oxygens (including phenoxy) is 3. The number of nitrogens with one attached hydrogen (secondary N) is 1. The van der Waals surface area contributed by atoms with Crippen LogP contribution in [0.25, 0.3) is 0 Å². The number of likely N-dealkylation sites (N-methyl/N-ethyl adjacent to an activating group) is 1. The molecule has 0 aliphatic carbocycles. The summed E-state index contributed by atoms with van der Waals surface area (Å²) in [5, 5.41) is 6.64. The zero-order chi connectivity index (χ0) is 18.6. The number of rotatable bonds is 7. The Morgan fingerprint density at radius 2 is 2.22 bits per heavy atom. The van der Waals surface area contributed by atoms with Crippen molar-refractivity contribution >= 4 is 5.91 Å². The van der Waals surface area contributed by atoms with E-state index in [1.807, 2.05) is 0 Å². The van der Waals surface area contributed by atoms with Crippen LogP contribution in [0.3, 0.4) is 0 Å². The normalized spacial score (nSPS) is 12.2. The number of oxazole rings is 1. The molecule has 0 unspecified atom stereocenters. The monoisotopic (exact) mass is 370 g/mol. The van der Waals surface area contributed by atoms with Crippen molar-refractivity contribution in [2.24, 2.45) is 0 Å². The Hall–Kier alpha value is -3.49. The molecule has 9 nitrogen and oxygen atoms in total. The van der Waals surface area contributed by atoms with Gasteiger partial charge in [-0.2, -0.15) is 5.10 Å². The summed E-state index contributed by atoms with van der Waals surface area (Å²) in [6, 6.07) is 5.28. The summed E-state index contributed by atoms with van der Waals surface area (Å²) in [5.74, 6) is 2.03. The maximum atomic E-state index is 12.4. The molecule has 4 rings (SSSR count). The maximum absolute atomic E-state index is 12.4. The predicted octanol–water partition coefficient (Wildman–Crippen LogP) is 2.02. The van der Waals surface area contributed by atoms with Gasteiger partial charge in [0, 0.05) is 25.9 Å². The van der Waals surface area contributed by atoms with Gasteiger partial charge in [0.25, 0.3) is 5.91 Å². The molecule has 3 heterocycles. The lowest BCUT2D eigenvalue weighted by molar-refractivity contribution is 0.0790. The Kier molecular flexibility index (Phi) is 4.65. The number of H-pyrrole nitrogens is 1. The lowest BCUT2D eigenvalue weighted by Gasteiger charge is -2.14. The third kappa shape index (κ3) is 3.86. The number of nitrogens with zero attached hydrogens (tertiary/aromatic N) is 3. The van der Waals surface area contributed by atoms with E-state index >= 15 is 0 Å². The van der Waals surface area contributed by atoms with Crippen molar-refractivity contribution in [1.82, 2.24) is 20.1 Å². The summed E-state index contributed by atoms with van der Waals surface area (Å²) in [6.45, 7) is 0.859. The van der Waals surface area contributed by atoms with Crippen LogP contribution >= 0.6 is 0 Å². The molecule has 0 fully saturated rings. The van der Waals surface area contributed by atoms with Crippen molar-refractivity contribution in [2.75, 3.05) is 20.4 Å². The van der Waals surface area contributed by atoms with E-state index in [0.717, 1.165) is 5.56 Å². The van der Waals surface area contributed by atoms with Gasteiger partial charge in [0.05, 0.1) is 6.20 Å². The minimum atomic E-state index is -0.212. The highest BCUT2D eigenvalue weighted by atomic mass is 16.7. The zero-order valence-corrected chi connectivity index (χ0v) is 14.7. The average Bonchev–Trinajstić information content (AvgIpc) is 3.45. The van der Waals surface area contributed by atoms with E-state index < -0.39 is 0 Å². The Morgan fingerprint density at radius 3 is 3.07 bits per heavy atom. The van der Waals surface area contributed by atoms with Crippen LogP contribution in [0.15, 0.2) is 41.3 Å². The van der Waals surface area contributed by atoms with Crippen LogP contribution in [0, 0.1) is 0 Å². The second-order valence-corrected chi connectivity index (χ2v) is 6.01. The Balaban J connectivity index is 1.31. The molecule has 1 aliphatic rings. The first-order valence-corrected chi connectivity index (χ1v) is 8.39. The quantitative estimate of drug-likeness (QED) is 0.679. The molecule has 0 saturated heterocycles. The first-order chi connectivity index (χ1) is 13.2. The molecule has 140 valence electrons. The number of carbonyl (C=O) groups is 1. The molecule has 3 aromatic rings. The fraction of sp³-hybridized carbons (Fsp3) is 0.278. The number of benzene rings is 1. The highest BCUT2D eigenvalue weighted by Gasteiger charge is 2.18. The Bertz CT molecular complexity index is 922. The van der Waals surface area contributed by atoms with E-state index in [9.17, 15) is 4.79 Å². The van der Waals surface area contributed by atoms with Gasteiger partial charge in [-0.25, -0.2) is 4.98 Å². The highest BCUT2D eigenvalue weighted by Crippen LogP contribution is 2.35. The molecular weight excluding hydrogens is 352 g/mol. The van der Waals surface area contributed by atoms with E-state index in [0.29, 0.717) is 36.1 Å². The van der Waals surface area contributed by atoms with Gasteiger partial charge in [0.15, 0.2) is 23.8 Å². The van der Waals surface area contributed by atoms with Crippen molar-refractivity contribution in [1.29, 1.82) is 0 Å². The number of carbonyl (C=O) groups excluding carboxylic acids is 1. The fourth-order valence-corrected chi connectivity index (χ4v) is 2.60. The third-order valence-corrected chi connectivity index (χ3v) is 4.11. The smallest absolute Gasteiger partial charge is 0.275 e. The van der Waals surface area contributed by atoms with Crippen LogP contribution in [-0.2, 0) is 13.0 Å². The van der Waals surface area contributed by atoms with E-state index in [4.69, 9.17) is 18.6 Å². The maximum Gasteiger partial charge on any atom is 0.275 e. The van der Waals surface area contributed by atoms with Gasteiger partial charge < -0.3 is 23.5 Å². The van der Waals surface area contributed by atoms with E-state index in [2.05, 4.69) is 15.2 Å². The van der Waals surface area contributed by atoms with Crippen molar-refractivity contribution < 1.29 is 23.4 Å². The van der Waals surface area contributed by atoms with Gasteiger partial charge in [-0.15, -0.1) is 0 Å². The molecule has 27 heavy (non-hydrogen) atoms. The van der Waals surface area contributed by atoms with Crippen LogP contribution in [-0.4, -0.2) is 46.4 Å². The van der Waals surface area contributed by atoms with Crippen molar-refractivity contribution in [3.8, 4) is 17.2 Å². The second kappa shape index (κ2) is 7.40. The van der Waals surface area contributed by atoms with Crippen LogP contribution < -0.4 is 14.2 Å². The lowest BCUT2D eigenvalue weighted by Crippen LogP contribution is -2.29. The SMILES string of the molecule is CN(CCc1cn[nH]c1)C(=O)c1coc(COc2ccc3c(c2)OCO3)n1. The minimum absolute atomic E-state index is 0.103. The van der Waals surface area contributed by atoms with Crippen LogP contribution in [0.1, 0.15) is 21.9 Å². The Labute approximate surface area is 154 Å².